The number of quaternary nitrogens is 1. The molecule has 7 heteroatoms. The summed E-state index contributed by atoms with van der Waals surface area (Å²) >= 11 is 11.7. The maximum absolute atomic E-state index is 12.0. The zero-order chi connectivity index (χ0) is 17.9. The summed E-state index contributed by atoms with van der Waals surface area (Å²) in [5.41, 5.74) is 0.586. The van der Waals surface area contributed by atoms with Gasteiger partial charge in [0.1, 0.15) is 0 Å². The van der Waals surface area contributed by atoms with Crippen molar-refractivity contribution in [3.8, 4) is 0 Å². The quantitative estimate of drug-likeness (QED) is 0.549. The maximum Gasteiger partial charge on any atom is 0.279 e. The van der Waals surface area contributed by atoms with Crippen LogP contribution in [0.1, 0.15) is 32.6 Å². The molecule has 2 amide bonds. The first-order chi connectivity index (χ1) is 11.4. The molecule has 1 atom stereocenters. The van der Waals surface area contributed by atoms with Crippen molar-refractivity contribution in [2.45, 2.75) is 32.6 Å². The monoisotopic (exact) mass is 374 g/mol. The molecule has 24 heavy (non-hydrogen) atoms. The van der Waals surface area contributed by atoms with E-state index in [-0.39, 0.29) is 24.9 Å². The molecular formula is C17H26Cl2N3O2+. The van der Waals surface area contributed by atoms with E-state index in [0.717, 1.165) is 17.7 Å². The Bertz CT molecular complexity index is 553. The minimum absolute atomic E-state index is 0.0358. The molecule has 0 aliphatic carbocycles. The number of amides is 2. The Kier molecular flexibility index (Phi) is 9.76. The van der Waals surface area contributed by atoms with Gasteiger partial charge in [0.25, 0.3) is 11.8 Å². The predicted octanol–water partition coefficient (Wildman–Crippen LogP) is 2.14. The third kappa shape index (κ3) is 8.52. The van der Waals surface area contributed by atoms with Gasteiger partial charge < -0.3 is 15.5 Å². The van der Waals surface area contributed by atoms with Gasteiger partial charge in [0.2, 0.25) is 0 Å². The molecule has 1 aromatic carbocycles. The fourth-order valence-electron chi connectivity index (χ4n) is 2.23. The summed E-state index contributed by atoms with van der Waals surface area (Å²) in [4.78, 5) is 24.6. The Hall–Kier alpha value is -1.30. The van der Waals surface area contributed by atoms with Crippen LogP contribution in [0.4, 0.5) is 5.69 Å². The Morgan fingerprint density at radius 1 is 1.04 bits per heavy atom. The van der Waals surface area contributed by atoms with Gasteiger partial charge in [-0.1, -0.05) is 49.4 Å². The molecule has 0 aliphatic heterocycles. The van der Waals surface area contributed by atoms with E-state index in [1.165, 1.54) is 12.8 Å². The molecule has 1 unspecified atom stereocenters. The summed E-state index contributed by atoms with van der Waals surface area (Å²) in [6.07, 6.45) is 4.49. The highest BCUT2D eigenvalue weighted by atomic mass is 35.5. The number of rotatable bonds is 10. The lowest BCUT2D eigenvalue weighted by Crippen LogP contribution is -3.11. The lowest BCUT2D eigenvalue weighted by Gasteiger charge is -2.14. The fourth-order valence-corrected chi connectivity index (χ4v) is 2.53. The van der Waals surface area contributed by atoms with Crippen molar-refractivity contribution < 1.29 is 14.5 Å². The van der Waals surface area contributed by atoms with E-state index >= 15 is 0 Å². The van der Waals surface area contributed by atoms with E-state index in [0.29, 0.717) is 22.3 Å². The standard InChI is InChI=1S/C17H25Cl2N3O2/c1-3-4-5-6-9-20-16(23)11-22(2)12-17(24)21-13-7-8-14(18)15(19)10-13/h7-8,10H,3-6,9,11-12H2,1-2H3,(H,20,23)(H,21,24)/p+1. The van der Waals surface area contributed by atoms with Crippen molar-refractivity contribution in [1.29, 1.82) is 0 Å². The predicted molar refractivity (Wildman–Crippen MR) is 98.9 cm³/mol. The lowest BCUT2D eigenvalue weighted by atomic mass is 10.2. The maximum atomic E-state index is 12.0. The lowest BCUT2D eigenvalue weighted by molar-refractivity contribution is -0.862. The fraction of sp³-hybridized carbons (Fsp3) is 0.529. The van der Waals surface area contributed by atoms with E-state index in [2.05, 4.69) is 17.6 Å². The van der Waals surface area contributed by atoms with Crippen LogP contribution in [-0.4, -0.2) is 38.5 Å². The molecule has 0 aliphatic rings. The number of benzene rings is 1. The normalized spacial score (nSPS) is 11.8. The van der Waals surface area contributed by atoms with E-state index in [4.69, 9.17) is 23.2 Å². The molecule has 3 N–H and O–H groups in total. The van der Waals surface area contributed by atoms with Gasteiger partial charge in [-0.3, -0.25) is 9.59 Å². The average molecular weight is 375 g/mol. The zero-order valence-electron chi connectivity index (χ0n) is 14.3. The van der Waals surface area contributed by atoms with Gasteiger partial charge in [0, 0.05) is 12.2 Å². The number of halogens is 2. The summed E-state index contributed by atoms with van der Waals surface area (Å²) in [5.74, 6) is -0.215. The van der Waals surface area contributed by atoms with Crippen LogP contribution in [0.3, 0.4) is 0 Å². The molecule has 0 saturated heterocycles. The Morgan fingerprint density at radius 2 is 1.75 bits per heavy atom. The second-order valence-corrected chi connectivity index (χ2v) is 6.71. The number of nitrogens with one attached hydrogen (secondary N) is 3. The second-order valence-electron chi connectivity index (χ2n) is 5.90. The summed E-state index contributed by atoms with van der Waals surface area (Å²) in [6.45, 7) is 3.31. The van der Waals surface area contributed by atoms with Crippen LogP contribution in [0.15, 0.2) is 18.2 Å². The number of unbranched alkanes of at least 4 members (excludes halogenated alkanes) is 3. The number of hydrogen-bond acceptors (Lipinski definition) is 2. The van der Waals surface area contributed by atoms with Gasteiger partial charge in [0.15, 0.2) is 13.1 Å². The second kappa shape index (κ2) is 11.3. The molecule has 0 bridgehead atoms. The minimum atomic E-state index is -0.179. The van der Waals surface area contributed by atoms with Crippen LogP contribution in [0, 0.1) is 0 Å². The number of carbonyl (C=O) groups is 2. The molecule has 5 nitrogen and oxygen atoms in total. The molecular weight excluding hydrogens is 349 g/mol. The SMILES string of the molecule is CCCCCCNC(=O)C[NH+](C)CC(=O)Nc1ccc(Cl)c(Cl)c1. The summed E-state index contributed by atoms with van der Waals surface area (Å²) in [6, 6.07) is 4.91. The zero-order valence-corrected chi connectivity index (χ0v) is 15.8. The molecule has 0 heterocycles. The van der Waals surface area contributed by atoms with Crippen LogP contribution in [-0.2, 0) is 9.59 Å². The molecule has 0 radical (unpaired) electrons. The number of hydrogen-bond donors (Lipinski definition) is 3. The van der Waals surface area contributed by atoms with Gasteiger partial charge in [-0.15, -0.1) is 0 Å². The van der Waals surface area contributed by atoms with E-state index in [9.17, 15) is 9.59 Å². The van der Waals surface area contributed by atoms with Gasteiger partial charge in [0.05, 0.1) is 17.1 Å². The first kappa shape index (κ1) is 20.7. The first-order valence-electron chi connectivity index (χ1n) is 8.25. The molecule has 0 saturated carbocycles. The van der Waals surface area contributed by atoms with Crippen molar-refractivity contribution >= 4 is 40.7 Å². The molecule has 1 rings (SSSR count). The Balaban J connectivity index is 2.28. The number of likely N-dealkylation sites (N-methyl/N-ethyl adjacent to an activating group) is 1. The molecule has 0 aromatic heterocycles. The van der Waals surface area contributed by atoms with Crippen LogP contribution < -0.4 is 15.5 Å². The van der Waals surface area contributed by atoms with Gasteiger partial charge in [-0.05, 0) is 24.6 Å². The Labute approximate surface area is 153 Å². The molecule has 0 spiro atoms. The van der Waals surface area contributed by atoms with Gasteiger partial charge in [-0.2, -0.15) is 0 Å². The van der Waals surface area contributed by atoms with E-state index < -0.39 is 0 Å². The number of anilines is 1. The minimum Gasteiger partial charge on any atom is -0.351 e. The summed E-state index contributed by atoms with van der Waals surface area (Å²) in [7, 11) is 1.81. The van der Waals surface area contributed by atoms with Crippen molar-refractivity contribution in [3.05, 3.63) is 28.2 Å². The largest absolute Gasteiger partial charge is 0.351 e. The summed E-state index contributed by atoms with van der Waals surface area (Å²) < 4.78 is 0. The average Bonchev–Trinajstić information content (AvgIpc) is 2.50. The van der Waals surface area contributed by atoms with Gasteiger partial charge in [-0.25, -0.2) is 0 Å². The van der Waals surface area contributed by atoms with Crippen molar-refractivity contribution in [2.75, 3.05) is 32.0 Å². The summed E-state index contributed by atoms with van der Waals surface area (Å²) in [5, 5.41) is 6.46. The molecule has 1 aromatic rings. The first-order valence-corrected chi connectivity index (χ1v) is 9.01. The van der Waals surface area contributed by atoms with Crippen molar-refractivity contribution in [3.63, 3.8) is 0 Å². The Morgan fingerprint density at radius 3 is 2.42 bits per heavy atom. The smallest absolute Gasteiger partial charge is 0.279 e. The highest BCUT2D eigenvalue weighted by Crippen LogP contribution is 2.24. The third-order valence-corrected chi connectivity index (χ3v) is 4.22. The van der Waals surface area contributed by atoms with Crippen molar-refractivity contribution in [1.82, 2.24) is 5.32 Å². The van der Waals surface area contributed by atoms with Crippen molar-refractivity contribution in [2.24, 2.45) is 0 Å². The highest BCUT2D eigenvalue weighted by Gasteiger charge is 2.14. The number of carbonyl (C=O) groups excluding carboxylic acids is 2. The topological polar surface area (TPSA) is 62.6 Å². The van der Waals surface area contributed by atoms with Crippen LogP contribution in [0.25, 0.3) is 0 Å². The van der Waals surface area contributed by atoms with E-state index in [1.54, 1.807) is 18.2 Å². The van der Waals surface area contributed by atoms with Crippen LogP contribution in [0.2, 0.25) is 10.0 Å². The van der Waals surface area contributed by atoms with E-state index in [1.807, 2.05) is 7.05 Å². The molecule has 0 fully saturated rings. The highest BCUT2D eigenvalue weighted by molar-refractivity contribution is 6.42. The van der Waals surface area contributed by atoms with Crippen LogP contribution in [0.5, 0.6) is 0 Å². The van der Waals surface area contributed by atoms with Crippen LogP contribution >= 0.6 is 23.2 Å². The molecule has 134 valence electrons. The van der Waals surface area contributed by atoms with Gasteiger partial charge >= 0.3 is 0 Å². The third-order valence-electron chi connectivity index (χ3n) is 3.48.